The van der Waals surface area contributed by atoms with E-state index >= 15 is 0 Å². The maximum Gasteiger partial charge on any atom is 0.255 e. The highest BCUT2D eigenvalue weighted by molar-refractivity contribution is 8.00. The largest absolute Gasteiger partial charge is 0.467 e. The van der Waals surface area contributed by atoms with Gasteiger partial charge in [-0.2, -0.15) is 0 Å². The van der Waals surface area contributed by atoms with Crippen LogP contribution in [0.2, 0.25) is 0 Å². The SMILES string of the molecule is C[C@@H](NC(=O)c1ccccc1NC(=O)c1ccc([C@@H]2SCC(=O)N2Cc2ccco2)cc1)c1ccccc1. The number of nitrogens with zero attached hydrogens (tertiary/aromatic N) is 1. The van der Waals surface area contributed by atoms with Gasteiger partial charge in [-0.15, -0.1) is 11.8 Å². The Morgan fingerprint density at radius 1 is 0.947 bits per heavy atom. The first-order chi connectivity index (χ1) is 18.5. The van der Waals surface area contributed by atoms with Crippen molar-refractivity contribution in [3.05, 3.63) is 125 Å². The molecule has 0 aliphatic carbocycles. The van der Waals surface area contributed by atoms with E-state index in [2.05, 4.69) is 10.6 Å². The van der Waals surface area contributed by atoms with Crippen LogP contribution < -0.4 is 10.6 Å². The van der Waals surface area contributed by atoms with E-state index in [9.17, 15) is 14.4 Å². The summed E-state index contributed by atoms with van der Waals surface area (Å²) in [7, 11) is 0. The normalized spacial score (nSPS) is 15.8. The van der Waals surface area contributed by atoms with Crippen LogP contribution in [0.5, 0.6) is 0 Å². The van der Waals surface area contributed by atoms with E-state index in [4.69, 9.17) is 4.42 Å². The van der Waals surface area contributed by atoms with Gasteiger partial charge in [-0.25, -0.2) is 0 Å². The van der Waals surface area contributed by atoms with Crippen LogP contribution >= 0.6 is 11.8 Å². The van der Waals surface area contributed by atoms with E-state index in [-0.39, 0.29) is 29.1 Å². The highest BCUT2D eigenvalue weighted by Gasteiger charge is 2.33. The Morgan fingerprint density at radius 3 is 2.42 bits per heavy atom. The van der Waals surface area contributed by atoms with Crippen LogP contribution in [0.25, 0.3) is 0 Å². The lowest BCUT2D eigenvalue weighted by Gasteiger charge is -2.23. The second-order valence-corrected chi connectivity index (χ2v) is 10.1. The second-order valence-electron chi connectivity index (χ2n) is 8.99. The highest BCUT2D eigenvalue weighted by atomic mass is 32.2. The Hall–Kier alpha value is -4.30. The van der Waals surface area contributed by atoms with Gasteiger partial charge in [0.1, 0.15) is 11.1 Å². The summed E-state index contributed by atoms with van der Waals surface area (Å²) < 4.78 is 5.42. The Morgan fingerprint density at radius 2 is 1.68 bits per heavy atom. The number of carbonyl (C=O) groups excluding carboxylic acids is 3. The molecule has 0 bridgehead atoms. The molecule has 38 heavy (non-hydrogen) atoms. The number of anilines is 1. The number of carbonyl (C=O) groups is 3. The molecule has 1 aliphatic rings. The fourth-order valence-electron chi connectivity index (χ4n) is 4.35. The van der Waals surface area contributed by atoms with E-state index in [1.54, 1.807) is 65.4 Å². The summed E-state index contributed by atoms with van der Waals surface area (Å²) in [6.45, 7) is 2.31. The zero-order chi connectivity index (χ0) is 26.5. The lowest BCUT2D eigenvalue weighted by molar-refractivity contribution is -0.128. The zero-order valence-electron chi connectivity index (χ0n) is 20.8. The molecule has 1 aromatic heterocycles. The molecule has 1 aliphatic heterocycles. The summed E-state index contributed by atoms with van der Waals surface area (Å²) in [6, 6.07) is 27.3. The zero-order valence-corrected chi connectivity index (χ0v) is 21.6. The average Bonchev–Trinajstić information content (AvgIpc) is 3.59. The standard InChI is InChI=1S/C30H27N3O4S/c1-20(21-8-3-2-4-9-21)31-29(36)25-11-5-6-12-26(25)32-28(35)22-13-15-23(16-14-22)30-33(27(34)19-38-30)18-24-10-7-17-37-24/h2-17,20,30H,18-19H2,1H3,(H,31,36)(H,32,35)/t20-,30+/m1/s1. The third-order valence-electron chi connectivity index (χ3n) is 6.40. The molecule has 5 rings (SSSR count). The molecule has 1 fully saturated rings. The summed E-state index contributed by atoms with van der Waals surface area (Å²) in [5.74, 6) is 0.579. The molecule has 2 atom stereocenters. The highest BCUT2D eigenvalue weighted by Crippen LogP contribution is 2.39. The lowest BCUT2D eigenvalue weighted by Crippen LogP contribution is -2.28. The van der Waals surface area contributed by atoms with Gasteiger partial charge in [0.25, 0.3) is 11.8 Å². The molecule has 2 N–H and O–H groups in total. The minimum absolute atomic E-state index is 0.0506. The summed E-state index contributed by atoms with van der Waals surface area (Å²) in [6.07, 6.45) is 1.59. The maximum atomic E-state index is 13.1. The van der Waals surface area contributed by atoms with E-state index in [1.165, 1.54) is 0 Å². The number of thioether (sulfide) groups is 1. The summed E-state index contributed by atoms with van der Waals surface area (Å²) in [4.78, 5) is 40.3. The number of hydrogen-bond donors (Lipinski definition) is 2. The van der Waals surface area contributed by atoms with E-state index in [1.807, 2.05) is 55.5 Å². The van der Waals surface area contributed by atoms with Crippen molar-refractivity contribution in [3.63, 3.8) is 0 Å². The quantitative estimate of drug-likeness (QED) is 0.304. The smallest absolute Gasteiger partial charge is 0.255 e. The Bertz CT molecular complexity index is 1420. The number of nitrogens with one attached hydrogen (secondary N) is 2. The predicted molar refractivity (Wildman–Crippen MR) is 148 cm³/mol. The minimum atomic E-state index is -0.324. The third kappa shape index (κ3) is 5.65. The fraction of sp³-hybridized carbons (Fsp3) is 0.167. The van der Waals surface area contributed by atoms with E-state index < -0.39 is 0 Å². The van der Waals surface area contributed by atoms with Crippen LogP contribution in [0.3, 0.4) is 0 Å². The fourth-order valence-corrected chi connectivity index (χ4v) is 5.54. The van der Waals surface area contributed by atoms with Gasteiger partial charge in [0.05, 0.1) is 35.9 Å². The Balaban J connectivity index is 1.26. The summed E-state index contributed by atoms with van der Waals surface area (Å²) in [5.41, 5.74) is 3.19. The van der Waals surface area contributed by atoms with Crippen LogP contribution in [0.15, 0.2) is 102 Å². The van der Waals surface area contributed by atoms with Crippen molar-refractivity contribution < 1.29 is 18.8 Å². The van der Waals surface area contributed by atoms with Gasteiger partial charge in [-0.3, -0.25) is 14.4 Å². The van der Waals surface area contributed by atoms with Gasteiger partial charge >= 0.3 is 0 Å². The number of rotatable bonds is 8. The molecule has 3 amide bonds. The molecule has 1 saturated heterocycles. The van der Waals surface area contributed by atoms with Gasteiger partial charge in [-0.1, -0.05) is 54.6 Å². The van der Waals surface area contributed by atoms with Crippen LogP contribution in [0.4, 0.5) is 5.69 Å². The number of furan rings is 1. The van der Waals surface area contributed by atoms with Crippen molar-refractivity contribution in [2.24, 2.45) is 0 Å². The first-order valence-electron chi connectivity index (χ1n) is 12.3. The summed E-state index contributed by atoms with van der Waals surface area (Å²) in [5, 5.41) is 5.72. The van der Waals surface area contributed by atoms with E-state index in [0.717, 1.165) is 16.9 Å². The molecule has 0 saturated carbocycles. The van der Waals surface area contributed by atoms with Gasteiger partial charge in [-0.05, 0) is 54.4 Å². The predicted octanol–water partition coefficient (Wildman–Crippen LogP) is 5.80. The molecular formula is C30H27N3O4S. The number of hydrogen-bond acceptors (Lipinski definition) is 5. The number of para-hydroxylation sites is 1. The monoisotopic (exact) mass is 525 g/mol. The number of amides is 3. The third-order valence-corrected chi connectivity index (χ3v) is 7.66. The maximum absolute atomic E-state index is 13.1. The van der Waals surface area contributed by atoms with Crippen molar-refractivity contribution in [2.45, 2.75) is 24.9 Å². The van der Waals surface area contributed by atoms with Gasteiger partial charge in [0.2, 0.25) is 5.91 Å². The van der Waals surface area contributed by atoms with Crippen molar-refractivity contribution in [1.29, 1.82) is 0 Å². The molecule has 0 unspecified atom stereocenters. The van der Waals surface area contributed by atoms with Crippen LogP contribution in [-0.2, 0) is 11.3 Å². The molecule has 4 aromatic rings. The molecule has 7 nitrogen and oxygen atoms in total. The van der Waals surface area contributed by atoms with Crippen molar-refractivity contribution in [2.75, 3.05) is 11.1 Å². The minimum Gasteiger partial charge on any atom is -0.467 e. The lowest BCUT2D eigenvalue weighted by atomic mass is 10.1. The van der Waals surface area contributed by atoms with Crippen LogP contribution in [0.1, 0.15) is 55.9 Å². The second kappa shape index (κ2) is 11.4. The van der Waals surface area contributed by atoms with Crippen molar-refractivity contribution in [1.82, 2.24) is 10.2 Å². The molecule has 192 valence electrons. The van der Waals surface area contributed by atoms with Gasteiger partial charge < -0.3 is 20.0 Å². The number of benzene rings is 3. The Labute approximate surface area is 225 Å². The van der Waals surface area contributed by atoms with Crippen LogP contribution in [0, 0.1) is 0 Å². The molecule has 3 aromatic carbocycles. The average molecular weight is 526 g/mol. The van der Waals surface area contributed by atoms with Gasteiger partial charge in [0.15, 0.2) is 0 Å². The van der Waals surface area contributed by atoms with Crippen molar-refractivity contribution >= 4 is 35.2 Å². The first kappa shape index (κ1) is 25.4. The molecule has 0 spiro atoms. The van der Waals surface area contributed by atoms with Gasteiger partial charge in [0, 0.05) is 5.56 Å². The van der Waals surface area contributed by atoms with Crippen molar-refractivity contribution in [3.8, 4) is 0 Å². The molecular weight excluding hydrogens is 498 g/mol. The Kier molecular flexibility index (Phi) is 7.60. The summed E-state index contributed by atoms with van der Waals surface area (Å²) >= 11 is 1.55. The molecule has 2 heterocycles. The molecule has 8 heteroatoms. The van der Waals surface area contributed by atoms with Crippen LogP contribution in [-0.4, -0.2) is 28.4 Å². The van der Waals surface area contributed by atoms with E-state index in [0.29, 0.717) is 29.1 Å². The topological polar surface area (TPSA) is 91.7 Å². The molecule has 0 radical (unpaired) electrons. The first-order valence-corrected chi connectivity index (χ1v) is 13.3.